The average molecular weight is 151 g/mol. The fourth-order valence-electron chi connectivity index (χ4n) is 1.45. The third-order valence-electron chi connectivity index (χ3n) is 2.04. The first-order chi connectivity index (χ1) is 5.20. The summed E-state index contributed by atoms with van der Waals surface area (Å²) in [4.78, 5) is 0. The lowest BCUT2D eigenvalue weighted by atomic mass is 9.88. The lowest BCUT2D eigenvalue weighted by Gasteiger charge is -2.21. The minimum absolute atomic E-state index is 0.238. The van der Waals surface area contributed by atoms with Crippen molar-refractivity contribution in [1.29, 1.82) is 0 Å². The molecule has 0 fully saturated rings. The SMILES string of the molecule is CC(C)CC1C=CC=CC1N. The van der Waals surface area contributed by atoms with Crippen LogP contribution >= 0.6 is 0 Å². The van der Waals surface area contributed by atoms with Gasteiger partial charge in [0.25, 0.3) is 0 Å². The number of allylic oxidation sites excluding steroid dienone is 2. The molecule has 0 saturated carbocycles. The van der Waals surface area contributed by atoms with Crippen LogP contribution in [0.3, 0.4) is 0 Å². The van der Waals surface area contributed by atoms with E-state index in [-0.39, 0.29) is 6.04 Å². The van der Waals surface area contributed by atoms with Crippen LogP contribution in [0.4, 0.5) is 0 Å². The molecule has 62 valence electrons. The van der Waals surface area contributed by atoms with Gasteiger partial charge in [0.1, 0.15) is 0 Å². The average Bonchev–Trinajstić information content (AvgIpc) is 1.93. The van der Waals surface area contributed by atoms with Crippen LogP contribution in [0.1, 0.15) is 20.3 Å². The highest BCUT2D eigenvalue weighted by molar-refractivity contribution is 5.16. The van der Waals surface area contributed by atoms with Crippen molar-refractivity contribution in [2.24, 2.45) is 17.6 Å². The van der Waals surface area contributed by atoms with Crippen LogP contribution in [0.25, 0.3) is 0 Å². The third kappa shape index (κ3) is 2.51. The fourth-order valence-corrected chi connectivity index (χ4v) is 1.45. The van der Waals surface area contributed by atoms with Crippen molar-refractivity contribution in [3.8, 4) is 0 Å². The number of rotatable bonds is 2. The molecule has 0 aromatic heterocycles. The molecule has 0 amide bonds. The van der Waals surface area contributed by atoms with Gasteiger partial charge >= 0.3 is 0 Å². The molecule has 1 aliphatic rings. The molecule has 0 spiro atoms. The number of hydrogen-bond acceptors (Lipinski definition) is 1. The van der Waals surface area contributed by atoms with Gasteiger partial charge in [0.2, 0.25) is 0 Å². The lowest BCUT2D eigenvalue weighted by molar-refractivity contribution is 0.441. The predicted octanol–water partition coefficient (Wildman–Crippen LogP) is 2.10. The van der Waals surface area contributed by atoms with E-state index in [0.29, 0.717) is 5.92 Å². The smallest absolute Gasteiger partial charge is 0.0290 e. The molecule has 0 radical (unpaired) electrons. The van der Waals surface area contributed by atoms with Gasteiger partial charge in [0.15, 0.2) is 0 Å². The van der Waals surface area contributed by atoms with Gasteiger partial charge in [0, 0.05) is 6.04 Å². The van der Waals surface area contributed by atoms with Crippen LogP contribution in [-0.2, 0) is 0 Å². The summed E-state index contributed by atoms with van der Waals surface area (Å²) in [6, 6.07) is 0.238. The molecule has 0 aromatic rings. The maximum Gasteiger partial charge on any atom is 0.0290 e. The van der Waals surface area contributed by atoms with Gasteiger partial charge in [-0.2, -0.15) is 0 Å². The first kappa shape index (κ1) is 8.54. The van der Waals surface area contributed by atoms with Crippen molar-refractivity contribution in [1.82, 2.24) is 0 Å². The molecule has 2 N–H and O–H groups in total. The zero-order chi connectivity index (χ0) is 8.27. The van der Waals surface area contributed by atoms with E-state index in [9.17, 15) is 0 Å². The molecule has 1 heteroatoms. The molecule has 0 bridgehead atoms. The molecule has 11 heavy (non-hydrogen) atoms. The Kier molecular flexibility index (Phi) is 2.89. The van der Waals surface area contributed by atoms with E-state index in [1.54, 1.807) is 0 Å². The summed E-state index contributed by atoms with van der Waals surface area (Å²) in [5.41, 5.74) is 5.89. The highest BCUT2D eigenvalue weighted by Crippen LogP contribution is 2.19. The second-order valence-corrected chi connectivity index (χ2v) is 3.64. The molecule has 2 atom stereocenters. The zero-order valence-corrected chi connectivity index (χ0v) is 7.33. The van der Waals surface area contributed by atoms with Gasteiger partial charge in [-0.3, -0.25) is 0 Å². The fraction of sp³-hybridized carbons (Fsp3) is 0.600. The van der Waals surface area contributed by atoms with Crippen LogP contribution in [-0.4, -0.2) is 6.04 Å². The van der Waals surface area contributed by atoms with Crippen molar-refractivity contribution in [2.75, 3.05) is 0 Å². The zero-order valence-electron chi connectivity index (χ0n) is 7.33. The summed E-state index contributed by atoms with van der Waals surface area (Å²) < 4.78 is 0. The Bertz CT molecular complexity index is 168. The van der Waals surface area contributed by atoms with Gasteiger partial charge in [-0.25, -0.2) is 0 Å². The Hall–Kier alpha value is -0.560. The predicted molar refractivity (Wildman–Crippen MR) is 49.2 cm³/mol. The van der Waals surface area contributed by atoms with E-state index in [1.165, 1.54) is 6.42 Å². The van der Waals surface area contributed by atoms with Gasteiger partial charge in [-0.1, -0.05) is 38.2 Å². The summed E-state index contributed by atoms with van der Waals surface area (Å²) in [6.45, 7) is 4.47. The molecule has 1 nitrogen and oxygen atoms in total. The van der Waals surface area contributed by atoms with Crippen molar-refractivity contribution >= 4 is 0 Å². The molecular weight excluding hydrogens is 134 g/mol. The monoisotopic (exact) mass is 151 g/mol. The normalized spacial score (nSPS) is 29.8. The van der Waals surface area contributed by atoms with Crippen LogP contribution in [0.5, 0.6) is 0 Å². The molecule has 0 aromatic carbocycles. The third-order valence-corrected chi connectivity index (χ3v) is 2.04. The van der Waals surface area contributed by atoms with Crippen LogP contribution < -0.4 is 5.73 Å². The quantitative estimate of drug-likeness (QED) is 0.642. The van der Waals surface area contributed by atoms with Gasteiger partial charge < -0.3 is 5.73 Å². The van der Waals surface area contributed by atoms with Crippen LogP contribution in [0, 0.1) is 11.8 Å². The van der Waals surface area contributed by atoms with Gasteiger partial charge in [-0.15, -0.1) is 0 Å². The van der Waals surface area contributed by atoms with E-state index in [1.807, 2.05) is 6.08 Å². The summed E-state index contributed by atoms with van der Waals surface area (Å²) >= 11 is 0. The van der Waals surface area contributed by atoms with Crippen molar-refractivity contribution in [3.05, 3.63) is 24.3 Å². The molecule has 1 rings (SSSR count). The number of hydrogen-bond donors (Lipinski definition) is 1. The molecular formula is C10H17N. The van der Waals surface area contributed by atoms with E-state index in [0.717, 1.165) is 5.92 Å². The Morgan fingerprint density at radius 1 is 1.27 bits per heavy atom. The van der Waals surface area contributed by atoms with Gasteiger partial charge in [0.05, 0.1) is 0 Å². The first-order valence-electron chi connectivity index (χ1n) is 4.30. The summed E-state index contributed by atoms with van der Waals surface area (Å²) in [7, 11) is 0. The molecule has 0 saturated heterocycles. The van der Waals surface area contributed by atoms with Crippen LogP contribution in [0.15, 0.2) is 24.3 Å². The maximum absolute atomic E-state index is 5.89. The second-order valence-electron chi connectivity index (χ2n) is 3.64. The van der Waals surface area contributed by atoms with E-state index in [2.05, 4.69) is 32.1 Å². The minimum Gasteiger partial charge on any atom is -0.324 e. The van der Waals surface area contributed by atoms with E-state index in [4.69, 9.17) is 5.73 Å². The Morgan fingerprint density at radius 2 is 1.91 bits per heavy atom. The Morgan fingerprint density at radius 3 is 2.45 bits per heavy atom. The highest BCUT2D eigenvalue weighted by atomic mass is 14.6. The Labute approximate surface area is 69.0 Å². The molecule has 2 unspecified atom stereocenters. The Balaban J connectivity index is 2.45. The lowest BCUT2D eigenvalue weighted by Crippen LogP contribution is -2.28. The largest absolute Gasteiger partial charge is 0.324 e. The van der Waals surface area contributed by atoms with Crippen molar-refractivity contribution < 1.29 is 0 Å². The van der Waals surface area contributed by atoms with E-state index >= 15 is 0 Å². The highest BCUT2D eigenvalue weighted by Gasteiger charge is 2.14. The first-order valence-corrected chi connectivity index (χ1v) is 4.30. The number of nitrogens with two attached hydrogens (primary N) is 1. The topological polar surface area (TPSA) is 26.0 Å². The second kappa shape index (κ2) is 3.72. The summed E-state index contributed by atoms with van der Waals surface area (Å²) in [6.07, 6.45) is 9.61. The van der Waals surface area contributed by atoms with Crippen LogP contribution in [0.2, 0.25) is 0 Å². The van der Waals surface area contributed by atoms with Crippen molar-refractivity contribution in [3.63, 3.8) is 0 Å². The summed E-state index contributed by atoms with van der Waals surface area (Å²) in [5, 5.41) is 0. The molecule has 1 aliphatic carbocycles. The minimum atomic E-state index is 0.238. The molecule has 0 aliphatic heterocycles. The van der Waals surface area contributed by atoms with Gasteiger partial charge in [-0.05, 0) is 18.3 Å². The van der Waals surface area contributed by atoms with Crippen molar-refractivity contribution in [2.45, 2.75) is 26.3 Å². The summed E-state index contributed by atoms with van der Waals surface area (Å²) in [5.74, 6) is 1.29. The maximum atomic E-state index is 5.89. The molecule has 0 heterocycles. The standard InChI is InChI=1S/C10H17N/c1-8(2)7-9-5-3-4-6-10(9)11/h3-6,8-10H,7,11H2,1-2H3. The van der Waals surface area contributed by atoms with E-state index < -0.39 is 0 Å².